The molecule has 0 spiro atoms. The molecule has 0 aromatic heterocycles. The topological polar surface area (TPSA) is 66.4 Å². The molecule has 1 aromatic rings. The fourth-order valence-electron chi connectivity index (χ4n) is 2.97. The number of rotatable bonds is 6. The van der Waals surface area contributed by atoms with Gasteiger partial charge in [0.25, 0.3) is 0 Å². The first kappa shape index (κ1) is 15.7. The summed E-state index contributed by atoms with van der Waals surface area (Å²) >= 11 is 0. The highest BCUT2D eigenvalue weighted by Crippen LogP contribution is 2.27. The van der Waals surface area contributed by atoms with Gasteiger partial charge in [-0.05, 0) is 24.3 Å². The largest absolute Gasteiger partial charge is 0.392 e. The van der Waals surface area contributed by atoms with Crippen LogP contribution in [0.1, 0.15) is 25.8 Å². The lowest BCUT2D eigenvalue weighted by molar-refractivity contribution is -0.137. The van der Waals surface area contributed by atoms with Crippen LogP contribution in [-0.2, 0) is 16.0 Å². The van der Waals surface area contributed by atoms with Crippen LogP contribution in [0.5, 0.6) is 0 Å². The number of hydrogen-bond acceptors (Lipinski definition) is 3. The summed E-state index contributed by atoms with van der Waals surface area (Å²) in [7, 11) is 0. The molecule has 0 aliphatic carbocycles. The summed E-state index contributed by atoms with van der Waals surface area (Å²) in [4.78, 5) is 24.6. The average Bonchev–Trinajstić information content (AvgIpc) is 2.86. The molecule has 1 heterocycles. The van der Waals surface area contributed by atoms with Crippen molar-refractivity contribution in [2.75, 3.05) is 6.54 Å². The van der Waals surface area contributed by atoms with Crippen molar-refractivity contribution in [2.45, 2.75) is 32.8 Å². The van der Waals surface area contributed by atoms with Gasteiger partial charge in [0, 0.05) is 12.5 Å². The minimum Gasteiger partial charge on any atom is -0.392 e. The van der Waals surface area contributed by atoms with Crippen molar-refractivity contribution in [3.63, 3.8) is 0 Å². The first-order valence-electron chi connectivity index (χ1n) is 7.58. The van der Waals surface area contributed by atoms with Crippen LogP contribution in [-0.4, -0.2) is 29.4 Å². The Kier molecular flexibility index (Phi) is 5.12. The van der Waals surface area contributed by atoms with E-state index in [0.717, 1.165) is 5.56 Å². The third-order valence-corrected chi connectivity index (χ3v) is 4.38. The lowest BCUT2D eigenvalue weighted by atomic mass is 9.80. The molecule has 2 rings (SSSR count). The smallest absolute Gasteiger partial charge is 0.230 e. The summed E-state index contributed by atoms with van der Waals surface area (Å²) in [6, 6.07) is 9.88. The van der Waals surface area contributed by atoms with Crippen LogP contribution >= 0.6 is 0 Å². The van der Waals surface area contributed by atoms with E-state index in [2.05, 4.69) is 5.32 Å². The van der Waals surface area contributed by atoms with Crippen molar-refractivity contribution < 1.29 is 14.7 Å². The second-order valence-corrected chi connectivity index (χ2v) is 5.84. The molecule has 21 heavy (non-hydrogen) atoms. The number of hydrogen-bond donors (Lipinski definition) is 2. The Morgan fingerprint density at radius 2 is 2.05 bits per heavy atom. The number of amides is 1. The first-order chi connectivity index (χ1) is 10.0. The van der Waals surface area contributed by atoms with Gasteiger partial charge < -0.3 is 10.4 Å². The zero-order valence-electron chi connectivity index (χ0n) is 12.6. The van der Waals surface area contributed by atoms with E-state index in [1.165, 1.54) is 0 Å². The van der Waals surface area contributed by atoms with Gasteiger partial charge in [-0.1, -0.05) is 44.2 Å². The van der Waals surface area contributed by atoms with Gasteiger partial charge in [0.15, 0.2) is 5.78 Å². The average molecular weight is 289 g/mol. The second-order valence-electron chi connectivity index (χ2n) is 5.84. The number of aliphatic hydroxyl groups is 1. The highest BCUT2D eigenvalue weighted by Gasteiger charge is 2.42. The number of carbonyl (C=O) groups excluding carboxylic acids is 2. The molecular weight excluding hydrogens is 266 g/mol. The molecule has 1 aliphatic heterocycles. The molecule has 2 N–H and O–H groups in total. The van der Waals surface area contributed by atoms with E-state index in [0.29, 0.717) is 19.4 Å². The molecular formula is C17H23NO3. The monoisotopic (exact) mass is 289 g/mol. The van der Waals surface area contributed by atoms with Crippen LogP contribution in [0, 0.1) is 17.8 Å². The number of ketones is 1. The van der Waals surface area contributed by atoms with Crippen LogP contribution in [0.25, 0.3) is 0 Å². The van der Waals surface area contributed by atoms with Gasteiger partial charge in [0.2, 0.25) is 5.91 Å². The first-order valence-corrected chi connectivity index (χ1v) is 7.58. The molecule has 114 valence electrons. The lowest BCUT2D eigenvalue weighted by Gasteiger charge is -2.22. The minimum absolute atomic E-state index is 0.0288. The second kappa shape index (κ2) is 6.85. The molecule has 1 aliphatic rings. The normalized spacial score (nSPS) is 24.4. The van der Waals surface area contributed by atoms with E-state index < -0.39 is 17.9 Å². The van der Waals surface area contributed by atoms with E-state index in [1.807, 2.05) is 37.3 Å². The predicted molar refractivity (Wildman–Crippen MR) is 80.6 cm³/mol. The molecule has 0 saturated carbocycles. The van der Waals surface area contributed by atoms with Gasteiger partial charge in [0.1, 0.15) is 5.92 Å². The summed E-state index contributed by atoms with van der Waals surface area (Å²) in [6.45, 7) is 4.07. The Balaban J connectivity index is 2.11. The molecule has 4 heteroatoms. The Hall–Kier alpha value is -1.68. The van der Waals surface area contributed by atoms with E-state index >= 15 is 0 Å². The summed E-state index contributed by atoms with van der Waals surface area (Å²) < 4.78 is 0. The SMILES string of the molecule is CC[C@H](O)[C@@H](C)C(=O)[C@@H]1C(=O)NC[C@@H]1Cc1ccccc1. The van der Waals surface area contributed by atoms with Crippen molar-refractivity contribution in [3.8, 4) is 0 Å². The van der Waals surface area contributed by atoms with Gasteiger partial charge in [-0.2, -0.15) is 0 Å². The highest BCUT2D eigenvalue weighted by atomic mass is 16.3. The lowest BCUT2D eigenvalue weighted by Crippen LogP contribution is -2.37. The number of benzene rings is 1. The van der Waals surface area contributed by atoms with Crippen molar-refractivity contribution >= 4 is 11.7 Å². The van der Waals surface area contributed by atoms with Crippen molar-refractivity contribution in [1.82, 2.24) is 5.32 Å². The standard InChI is InChI=1S/C17H23NO3/c1-3-14(19)11(2)16(20)15-13(10-18-17(15)21)9-12-7-5-4-6-8-12/h4-8,11,13-15,19H,3,9-10H2,1-2H3,(H,18,21)/t11-,13+,14+,15-/m1/s1. The van der Waals surface area contributed by atoms with Crippen LogP contribution in [0.3, 0.4) is 0 Å². The third-order valence-electron chi connectivity index (χ3n) is 4.38. The quantitative estimate of drug-likeness (QED) is 0.781. The van der Waals surface area contributed by atoms with Crippen LogP contribution < -0.4 is 5.32 Å². The fourth-order valence-corrected chi connectivity index (χ4v) is 2.97. The van der Waals surface area contributed by atoms with E-state index in [1.54, 1.807) is 6.92 Å². The van der Waals surface area contributed by atoms with E-state index in [9.17, 15) is 14.7 Å². The number of aliphatic hydroxyl groups excluding tert-OH is 1. The zero-order chi connectivity index (χ0) is 15.4. The Labute approximate surface area is 125 Å². The van der Waals surface area contributed by atoms with Gasteiger partial charge in [-0.3, -0.25) is 9.59 Å². The maximum Gasteiger partial charge on any atom is 0.230 e. The number of Topliss-reactive ketones (excluding diaryl/α,β-unsaturated/α-hetero) is 1. The summed E-state index contributed by atoms with van der Waals surface area (Å²) in [5.74, 6) is -1.50. The summed E-state index contributed by atoms with van der Waals surface area (Å²) in [5, 5.41) is 12.7. The van der Waals surface area contributed by atoms with Crippen LogP contribution in [0.15, 0.2) is 30.3 Å². The molecule has 1 aromatic carbocycles. The molecule has 0 bridgehead atoms. The fraction of sp³-hybridized carbons (Fsp3) is 0.529. The Bertz CT molecular complexity index is 500. The Morgan fingerprint density at radius 3 is 2.67 bits per heavy atom. The molecule has 1 fully saturated rings. The highest BCUT2D eigenvalue weighted by molar-refractivity contribution is 6.04. The third kappa shape index (κ3) is 3.50. The molecule has 1 amide bonds. The number of nitrogens with one attached hydrogen (secondary N) is 1. The van der Waals surface area contributed by atoms with E-state index in [4.69, 9.17) is 0 Å². The van der Waals surface area contributed by atoms with Gasteiger partial charge in [0.05, 0.1) is 6.10 Å². The summed E-state index contributed by atoms with van der Waals surface area (Å²) in [6.07, 6.45) is 0.540. The number of carbonyl (C=O) groups is 2. The van der Waals surface area contributed by atoms with E-state index in [-0.39, 0.29) is 17.6 Å². The molecule has 0 radical (unpaired) electrons. The minimum atomic E-state index is -0.678. The van der Waals surface area contributed by atoms with Gasteiger partial charge >= 0.3 is 0 Å². The Morgan fingerprint density at radius 1 is 1.38 bits per heavy atom. The van der Waals surface area contributed by atoms with Crippen molar-refractivity contribution in [1.29, 1.82) is 0 Å². The van der Waals surface area contributed by atoms with Crippen molar-refractivity contribution in [2.24, 2.45) is 17.8 Å². The van der Waals surface area contributed by atoms with Gasteiger partial charge in [-0.25, -0.2) is 0 Å². The maximum absolute atomic E-state index is 12.5. The summed E-state index contributed by atoms with van der Waals surface area (Å²) in [5.41, 5.74) is 1.13. The van der Waals surface area contributed by atoms with Crippen LogP contribution in [0.4, 0.5) is 0 Å². The molecule has 4 nitrogen and oxygen atoms in total. The zero-order valence-corrected chi connectivity index (χ0v) is 12.6. The molecule has 0 unspecified atom stereocenters. The van der Waals surface area contributed by atoms with Crippen LogP contribution in [0.2, 0.25) is 0 Å². The molecule has 4 atom stereocenters. The predicted octanol–water partition coefficient (Wildman–Crippen LogP) is 1.57. The van der Waals surface area contributed by atoms with Gasteiger partial charge in [-0.15, -0.1) is 0 Å². The van der Waals surface area contributed by atoms with Crippen molar-refractivity contribution in [3.05, 3.63) is 35.9 Å². The maximum atomic E-state index is 12.5. The molecule has 1 saturated heterocycles.